The molecule has 0 saturated heterocycles. The van der Waals surface area contributed by atoms with Crippen LogP contribution in [0.15, 0.2) is 76.7 Å². The van der Waals surface area contributed by atoms with E-state index in [-0.39, 0.29) is 34.1 Å². The van der Waals surface area contributed by atoms with E-state index in [0.717, 1.165) is 30.2 Å². The van der Waals surface area contributed by atoms with E-state index in [1.807, 2.05) is 24.3 Å². The van der Waals surface area contributed by atoms with Crippen LogP contribution in [-0.4, -0.2) is 44.0 Å². The Morgan fingerprint density at radius 3 is 2.04 bits per heavy atom. The molecule has 0 fully saturated rings. The summed E-state index contributed by atoms with van der Waals surface area (Å²) in [6.07, 6.45) is 12.9. The molecule has 0 saturated carbocycles. The van der Waals surface area contributed by atoms with Crippen LogP contribution in [0.2, 0.25) is 5.02 Å². The number of halogens is 1. The standard InChI is InChI=1S/C37H50ClN5O6S/c1-3-5-6-7-8-9-10-11-12-16-23-49-28-21-19-27(20-22-28)24-34(42-39)37(46)41-33-25-30(38)32(26-35(33)44)40-36(45)31(4-2)43-50(47,48)29-17-14-13-15-18-29/h13-15,17-22,25-26,31,34,39,43-44H,3-12,16,23-24H2,1-2H3,(H,40,45)(H,41,46). The van der Waals surface area contributed by atoms with Crippen LogP contribution in [0, 0.1) is 5.53 Å². The molecule has 2 atom stereocenters. The molecule has 2 amide bonds. The van der Waals surface area contributed by atoms with Gasteiger partial charge in [-0.05, 0) is 48.7 Å². The summed E-state index contributed by atoms with van der Waals surface area (Å²) in [5, 5.41) is 19.2. The molecule has 0 spiro atoms. The Morgan fingerprint density at radius 1 is 0.840 bits per heavy atom. The van der Waals surface area contributed by atoms with Crippen LogP contribution in [0.25, 0.3) is 0 Å². The predicted octanol–water partition coefficient (Wildman–Crippen LogP) is 8.62. The van der Waals surface area contributed by atoms with Crippen molar-refractivity contribution in [3.8, 4) is 11.5 Å². The maximum absolute atomic E-state index is 13.0. The zero-order valence-corrected chi connectivity index (χ0v) is 30.5. The molecular weight excluding hydrogens is 678 g/mol. The third-order valence-corrected chi connectivity index (χ3v) is 10.1. The maximum Gasteiger partial charge on any atom is 0.251 e. The van der Waals surface area contributed by atoms with Gasteiger partial charge in [-0.2, -0.15) is 9.84 Å². The van der Waals surface area contributed by atoms with Gasteiger partial charge in [0, 0.05) is 12.5 Å². The van der Waals surface area contributed by atoms with Crippen LogP contribution in [-0.2, 0) is 26.0 Å². The Kier molecular flexibility index (Phi) is 17.2. The van der Waals surface area contributed by atoms with Crippen molar-refractivity contribution in [3.63, 3.8) is 0 Å². The molecule has 272 valence electrons. The van der Waals surface area contributed by atoms with Crippen LogP contribution in [0.4, 0.5) is 11.4 Å². The van der Waals surface area contributed by atoms with Crippen molar-refractivity contribution in [2.24, 2.45) is 5.11 Å². The fraction of sp³-hybridized carbons (Fsp3) is 0.459. The van der Waals surface area contributed by atoms with Crippen LogP contribution in [0.5, 0.6) is 11.5 Å². The number of anilines is 2. The highest BCUT2D eigenvalue weighted by atomic mass is 35.5. The minimum Gasteiger partial charge on any atom is -0.506 e. The molecule has 2 unspecified atom stereocenters. The van der Waals surface area contributed by atoms with Crippen LogP contribution in [0.1, 0.15) is 90.0 Å². The van der Waals surface area contributed by atoms with Gasteiger partial charge >= 0.3 is 0 Å². The number of carbonyl (C=O) groups excluding carboxylic acids is 2. The quantitative estimate of drug-likeness (QED) is 0.0372. The third-order valence-electron chi connectivity index (χ3n) is 8.25. The number of rotatable bonds is 23. The van der Waals surface area contributed by atoms with Gasteiger partial charge in [0.15, 0.2) is 6.04 Å². The van der Waals surface area contributed by atoms with Crippen molar-refractivity contribution in [3.05, 3.63) is 77.3 Å². The molecule has 0 bridgehead atoms. The number of nitrogens with one attached hydrogen (secondary N) is 4. The molecule has 11 nitrogen and oxygen atoms in total. The largest absolute Gasteiger partial charge is 0.506 e. The van der Waals surface area contributed by atoms with Crippen molar-refractivity contribution in [1.82, 2.24) is 4.72 Å². The van der Waals surface area contributed by atoms with Gasteiger partial charge in [0.1, 0.15) is 17.5 Å². The molecule has 3 aromatic rings. The smallest absolute Gasteiger partial charge is 0.251 e. The van der Waals surface area contributed by atoms with E-state index in [1.54, 1.807) is 25.1 Å². The highest BCUT2D eigenvalue weighted by Crippen LogP contribution is 2.34. The van der Waals surface area contributed by atoms with E-state index in [9.17, 15) is 23.1 Å². The lowest BCUT2D eigenvalue weighted by Gasteiger charge is -2.18. The van der Waals surface area contributed by atoms with E-state index in [0.29, 0.717) is 6.61 Å². The predicted molar refractivity (Wildman–Crippen MR) is 198 cm³/mol. The Hall–Kier alpha value is -4.00. The number of unbranched alkanes of at least 4 members (excludes halogenated alkanes) is 9. The molecule has 3 rings (SSSR count). The average molecular weight is 728 g/mol. The first kappa shape index (κ1) is 40.4. The zero-order chi connectivity index (χ0) is 36.4. The van der Waals surface area contributed by atoms with E-state index < -0.39 is 39.7 Å². The van der Waals surface area contributed by atoms with Gasteiger partial charge in [0.05, 0.1) is 27.9 Å². The Morgan fingerprint density at radius 2 is 1.44 bits per heavy atom. The van der Waals surface area contributed by atoms with Gasteiger partial charge < -0.3 is 20.5 Å². The van der Waals surface area contributed by atoms with Crippen LogP contribution in [0.3, 0.4) is 0 Å². The summed E-state index contributed by atoms with van der Waals surface area (Å²) in [7, 11) is -3.97. The highest BCUT2D eigenvalue weighted by molar-refractivity contribution is 7.89. The van der Waals surface area contributed by atoms with Crippen molar-refractivity contribution >= 4 is 44.8 Å². The lowest BCUT2D eigenvalue weighted by molar-refractivity contribution is -0.118. The normalized spacial score (nSPS) is 12.5. The van der Waals surface area contributed by atoms with Gasteiger partial charge in [-0.3, -0.25) is 9.59 Å². The van der Waals surface area contributed by atoms with Crippen molar-refractivity contribution < 1.29 is 27.9 Å². The second-order valence-electron chi connectivity index (χ2n) is 12.2. The Labute approximate surface area is 301 Å². The second-order valence-corrected chi connectivity index (χ2v) is 14.4. The maximum atomic E-state index is 13.0. The van der Waals surface area contributed by atoms with Gasteiger partial charge in [-0.15, -0.1) is 0 Å². The van der Waals surface area contributed by atoms with Gasteiger partial charge in [0.25, 0.3) is 5.91 Å². The minimum atomic E-state index is -3.97. The monoisotopic (exact) mass is 727 g/mol. The first-order valence-electron chi connectivity index (χ1n) is 17.4. The molecule has 3 aromatic carbocycles. The molecule has 13 heteroatoms. The topological polar surface area (TPSA) is 170 Å². The van der Waals surface area contributed by atoms with Crippen molar-refractivity contribution in [2.75, 3.05) is 17.2 Å². The summed E-state index contributed by atoms with van der Waals surface area (Å²) in [4.78, 5) is 26.0. The lowest BCUT2D eigenvalue weighted by Crippen LogP contribution is -2.43. The SMILES string of the molecule is CCCCCCCCCCCCOc1ccc(CC(N=N)C(=O)Nc2cc(Cl)c(NC(=O)C(CC)NS(=O)(=O)c3ccccc3)cc2O)cc1. The van der Waals surface area contributed by atoms with E-state index in [4.69, 9.17) is 21.9 Å². The number of phenolic OH excluding ortho intramolecular Hbond substituents is 1. The summed E-state index contributed by atoms with van der Waals surface area (Å²) in [6.45, 7) is 4.52. The molecule has 0 aliphatic carbocycles. The highest BCUT2D eigenvalue weighted by Gasteiger charge is 2.26. The molecule has 0 aliphatic rings. The van der Waals surface area contributed by atoms with E-state index >= 15 is 0 Å². The number of nitrogens with zero attached hydrogens (tertiary/aromatic N) is 1. The van der Waals surface area contributed by atoms with Crippen molar-refractivity contribution in [2.45, 2.75) is 108 Å². The first-order chi connectivity index (χ1) is 24.1. The van der Waals surface area contributed by atoms with E-state index in [1.165, 1.54) is 69.6 Å². The average Bonchev–Trinajstić information content (AvgIpc) is 3.11. The number of benzene rings is 3. The number of hydrogen-bond donors (Lipinski definition) is 5. The van der Waals surface area contributed by atoms with Gasteiger partial charge in [0.2, 0.25) is 15.9 Å². The molecule has 0 heterocycles. The molecule has 0 radical (unpaired) electrons. The molecule has 0 aliphatic heterocycles. The molecular formula is C37H50ClN5O6S. The summed E-state index contributed by atoms with van der Waals surface area (Å²) in [5.41, 5.74) is 8.35. The number of amides is 2. The van der Waals surface area contributed by atoms with Crippen molar-refractivity contribution in [1.29, 1.82) is 5.53 Å². The Balaban J connectivity index is 1.47. The lowest BCUT2D eigenvalue weighted by atomic mass is 10.1. The summed E-state index contributed by atoms with van der Waals surface area (Å²) in [5.74, 6) is -0.984. The molecule has 5 N–H and O–H groups in total. The summed E-state index contributed by atoms with van der Waals surface area (Å²) in [6, 6.07) is 15.2. The first-order valence-corrected chi connectivity index (χ1v) is 19.2. The number of ether oxygens (including phenoxy) is 1. The number of hydrogen-bond acceptors (Lipinski definition) is 8. The number of carbonyl (C=O) groups is 2. The van der Waals surface area contributed by atoms with Crippen LogP contribution >= 0.6 is 11.6 Å². The molecule has 0 aromatic heterocycles. The Bertz CT molecular complexity index is 1620. The number of aromatic hydroxyl groups is 1. The second kappa shape index (κ2) is 21.3. The third kappa shape index (κ3) is 13.4. The summed E-state index contributed by atoms with van der Waals surface area (Å²) < 4.78 is 33.7. The molecule has 50 heavy (non-hydrogen) atoms. The fourth-order valence-electron chi connectivity index (χ4n) is 5.29. The van der Waals surface area contributed by atoms with Crippen LogP contribution < -0.4 is 20.1 Å². The summed E-state index contributed by atoms with van der Waals surface area (Å²) >= 11 is 6.37. The zero-order valence-electron chi connectivity index (χ0n) is 28.9. The van der Waals surface area contributed by atoms with Gasteiger partial charge in [-0.25, -0.2) is 13.9 Å². The fourth-order valence-corrected chi connectivity index (χ4v) is 6.80. The minimum absolute atomic E-state index is 0.0139. The van der Waals surface area contributed by atoms with Gasteiger partial charge in [-0.1, -0.05) is 114 Å². The number of phenols is 1. The van der Waals surface area contributed by atoms with E-state index in [2.05, 4.69) is 27.4 Å². The number of sulfonamides is 1.